The van der Waals surface area contributed by atoms with Crippen LogP contribution in [0.3, 0.4) is 0 Å². The minimum Gasteiger partial charge on any atom is -0.457 e. The molecule has 0 bridgehead atoms. The van der Waals surface area contributed by atoms with Crippen molar-refractivity contribution in [2.75, 3.05) is 27.7 Å². The molecule has 20 heavy (non-hydrogen) atoms. The van der Waals surface area contributed by atoms with Crippen LogP contribution in [0.25, 0.3) is 0 Å². The van der Waals surface area contributed by atoms with Crippen molar-refractivity contribution in [1.29, 1.82) is 0 Å². The van der Waals surface area contributed by atoms with Crippen LogP contribution in [-0.2, 0) is 6.54 Å². The van der Waals surface area contributed by atoms with Crippen LogP contribution in [0.2, 0.25) is 5.02 Å². The number of halogens is 2. The van der Waals surface area contributed by atoms with Gasteiger partial charge in [0, 0.05) is 12.1 Å². The summed E-state index contributed by atoms with van der Waals surface area (Å²) in [4.78, 5) is 2.11. The van der Waals surface area contributed by atoms with Crippen molar-refractivity contribution in [3.63, 3.8) is 0 Å². The number of nitrogens with one attached hydrogen (secondary N) is 1. The molecule has 2 aromatic rings. The Kier molecular flexibility index (Phi) is 5.26. The normalized spacial score (nSPS) is 13.1. The molecule has 0 amide bonds. The van der Waals surface area contributed by atoms with E-state index in [1.165, 1.54) is 0 Å². The van der Waals surface area contributed by atoms with Gasteiger partial charge < -0.3 is 14.6 Å². The molecular formula is C13H18BrClN4O. The van der Waals surface area contributed by atoms with E-state index < -0.39 is 0 Å². The Morgan fingerprint density at radius 1 is 1.55 bits per heavy atom. The number of furan rings is 1. The third kappa shape index (κ3) is 3.25. The van der Waals surface area contributed by atoms with Crippen LogP contribution in [-0.4, -0.2) is 42.4 Å². The van der Waals surface area contributed by atoms with Gasteiger partial charge in [-0.25, -0.2) is 0 Å². The second-order valence-corrected chi connectivity index (χ2v) is 5.90. The molecule has 2 rings (SSSR count). The van der Waals surface area contributed by atoms with E-state index >= 15 is 0 Å². The van der Waals surface area contributed by atoms with Crippen molar-refractivity contribution in [3.8, 4) is 0 Å². The zero-order valence-electron chi connectivity index (χ0n) is 11.7. The van der Waals surface area contributed by atoms with E-state index in [1.807, 2.05) is 31.9 Å². The van der Waals surface area contributed by atoms with E-state index in [2.05, 4.69) is 31.2 Å². The molecule has 0 saturated carbocycles. The Morgan fingerprint density at radius 2 is 2.30 bits per heavy atom. The van der Waals surface area contributed by atoms with Crippen LogP contribution in [0.4, 0.5) is 0 Å². The number of likely N-dealkylation sites (N-methyl/N-ethyl adjacent to an activating group) is 1. The van der Waals surface area contributed by atoms with E-state index in [9.17, 15) is 0 Å². The van der Waals surface area contributed by atoms with Crippen LogP contribution in [0.5, 0.6) is 0 Å². The van der Waals surface area contributed by atoms with Gasteiger partial charge >= 0.3 is 0 Å². The summed E-state index contributed by atoms with van der Waals surface area (Å²) in [7, 11) is 5.96. The second kappa shape index (κ2) is 6.76. The Balaban J connectivity index is 2.34. The van der Waals surface area contributed by atoms with Crippen molar-refractivity contribution >= 4 is 27.5 Å². The van der Waals surface area contributed by atoms with E-state index in [1.54, 1.807) is 12.5 Å². The molecule has 1 atom stereocenters. The van der Waals surface area contributed by atoms with Crippen LogP contribution >= 0.6 is 27.5 Å². The van der Waals surface area contributed by atoms with Crippen molar-refractivity contribution in [1.82, 2.24) is 20.0 Å². The molecule has 0 fully saturated rings. The number of nitrogens with zero attached hydrogens (tertiary/aromatic N) is 3. The Bertz CT molecular complexity index is 566. The van der Waals surface area contributed by atoms with E-state index in [-0.39, 0.29) is 6.04 Å². The molecule has 1 N–H and O–H groups in total. The fourth-order valence-electron chi connectivity index (χ4n) is 2.08. The summed E-state index contributed by atoms with van der Waals surface area (Å²) in [6.45, 7) is 1.68. The van der Waals surface area contributed by atoms with Gasteiger partial charge in [0.05, 0.1) is 35.8 Å². The van der Waals surface area contributed by atoms with Crippen molar-refractivity contribution in [3.05, 3.63) is 39.5 Å². The first-order valence-electron chi connectivity index (χ1n) is 6.30. The van der Waals surface area contributed by atoms with Gasteiger partial charge in [-0.15, -0.1) is 0 Å². The van der Waals surface area contributed by atoms with Crippen LogP contribution in [0.15, 0.2) is 27.6 Å². The van der Waals surface area contributed by atoms with Crippen LogP contribution < -0.4 is 5.32 Å². The number of rotatable bonds is 6. The SMILES string of the molecule is CNC(c1ccoc1Br)c1c(Cl)cnn1CCN(C)C. The molecule has 2 heterocycles. The standard InChI is InChI=1S/C13H18BrClN4O/c1-16-11(9-4-7-20-13(9)14)12-10(15)8-17-19(12)6-5-18(2)3/h4,7-8,11,16H,5-6H2,1-3H3. The van der Waals surface area contributed by atoms with Crippen LogP contribution in [0, 0.1) is 0 Å². The number of hydrogen-bond donors (Lipinski definition) is 1. The van der Waals surface area contributed by atoms with Crippen molar-refractivity contribution in [2.45, 2.75) is 12.6 Å². The van der Waals surface area contributed by atoms with Gasteiger partial charge in [0.25, 0.3) is 0 Å². The third-order valence-corrected chi connectivity index (χ3v) is 4.05. The van der Waals surface area contributed by atoms with E-state index in [0.717, 1.165) is 24.3 Å². The second-order valence-electron chi connectivity index (χ2n) is 4.78. The van der Waals surface area contributed by atoms with Gasteiger partial charge in [0.15, 0.2) is 4.67 Å². The van der Waals surface area contributed by atoms with Crippen molar-refractivity contribution < 1.29 is 4.42 Å². The molecule has 0 spiro atoms. The molecule has 0 aromatic carbocycles. The predicted octanol–water partition coefficient (Wildman–Crippen LogP) is 2.76. The fraction of sp³-hybridized carbons (Fsp3) is 0.462. The lowest BCUT2D eigenvalue weighted by Gasteiger charge is -2.19. The Hall–Kier alpha value is -0.820. The highest BCUT2D eigenvalue weighted by Gasteiger charge is 2.24. The van der Waals surface area contributed by atoms with Gasteiger partial charge in [-0.05, 0) is 43.1 Å². The summed E-state index contributed by atoms with van der Waals surface area (Å²) in [5.41, 5.74) is 1.94. The highest BCUT2D eigenvalue weighted by molar-refractivity contribution is 9.10. The molecule has 0 saturated heterocycles. The first kappa shape index (κ1) is 15.6. The average Bonchev–Trinajstić information content (AvgIpc) is 2.97. The first-order chi connectivity index (χ1) is 9.54. The Morgan fingerprint density at radius 3 is 2.85 bits per heavy atom. The van der Waals surface area contributed by atoms with Gasteiger partial charge in [0.2, 0.25) is 0 Å². The zero-order chi connectivity index (χ0) is 14.7. The monoisotopic (exact) mass is 360 g/mol. The minimum atomic E-state index is -0.0692. The molecule has 2 aromatic heterocycles. The fourth-order valence-corrected chi connectivity index (χ4v) is 2.80. The van der Waals surface area contributed by atoms with Gasteiger partial charge in [-0.2, -0.15) is 5.10 Å². The summed E-state index contributed by atoms with van der Waals surface area (Å²) in [6.07, 6.45) is 3.34. The summed E-state index contributed by atoms with van der Waals surface area (Å²) < 4.78 is 7.95. The van der Waals surface area contributed by atoms with Gasteiger partial charge in [-0.3, -0.25) is 4.68 Å². The van der Waals surface area contributed by atoms with E-state index in [4.69, 9.17) is 16.0 Å². The summed E-state index contributed by atoms with van der Waals surface area (Å²) >= 11 is 9.74. The molecule has 110 valence electrons. The van der Waals surface area contributed by atoms with Crippen LogP contribution in [0.1, 0.15) is 17.3 Å². The molecule has 0 aliphatic heterocycles. The molecule has 1 unspecified atom stereocenters. The lowest BCUT2D eigenvalue weighted by Crippen LogP contribution is -2.25. The lowest BCUT2D eigenvalue weighted by atomic mass is 10.1. The minimum absolute atomic E-state index is 0.0692. The molecular weight excluding hydrogens is 344 g/mol. The predicted molar refractivity (Wildman–Crippen MR) is 83.1 cm³/mol. The smallest absolute Gasteiger partial charge is 0.174 e. The molecule has 0 aliphatic rings. The summed E-state index contributed by atoms with van der Waals surface area (Å²) in [5, 5.41) is 8.29. The lowest BCUT2D eigenvalue weighted by molar-refractivity contribution is 0.366. The highest BCUT2D eigenvalue weighted by atomic mass is 79.9. The maximum atomic E-state index is 6.32. The topological polar surface area (TPSA) is 46.2 Å². The summed E-state index contributed by atoms with van der Waals surface area (Å²) in [5.74, 6) is 0. The highest BCUT2D eigenvalue weighted by Crippen LogP contribution is 2.32. The maximum absolute atomic E-state index is 6.32. The maximum Gasteiger partial charge on any atom is 0.174 e. The first-order valence-corrected chi connectivity index (χ1v) is 7.47. The van der Waals surface area contributed by atoms with Gasteiger partial charge in [-0.1, -0.05) is 11.6 Å². The Labute approximate surface area is 132 Å². The molecule has 0 aliphatic carbocycles. The molecule has 5 nitrogen and oxygen atoms in total. The number of hydrogen-bond acceptors (Lipinski definition) is 4. The number of aromatic nitrogens is 2. The largest absolute Gasteiger partial charge is 0.457 e. The van der Waals surface area contributed by atoms with Gasteiger partial charge in [0.1, 0.15) is 0 Å². The quantitative estimate of drug-likeness (QED) is 0.859. The van der Waals surface area contributed by atoms with E-state index in [0.29, 0.717) is 9.69 Å². The summed E-state index contributed by atoms with van der Waals surface area (Å²) in [6, 6.07) is 1.85. The third-order valence-electron chi connectivity index (χ3n) is 3.11. The zero-order valence-corrected chi connectivity index (χ0v) is 14.1. The molecule has 7 heteroatoms. The average molecular weight is 362 g/mol. The van der Waals surface area contributed by atoms with Crippen molar-refractivity contribution in [2.24, 2.45) is 0 Å². The molecule has 0 radical (unpaired) electrons.